The summed E-state index contributed by atoms with van der Waals surface area (Å²) in [5.74, 6) is -1.40. The minimum atomic E-state index is -1.33. The number of rotatable bonds is 3. The Balaban J connectivity index is 2.79. The molecule has 1 atom stereocenters. The number of halogens is 3. The summed E-state index contributed by atoms with van der Waals surface area (Å²) >= 11 is 11.1. The van der Waals surface area contributed by atoms with Gasteiger partial charge in [0.2, 0.25) is 5.91 Å². The number of carbonyl (C=O) groups is 2. The van der Waals surface area contributed by atoms with E-state index in [1.165, 1.54) is 19.1 Å². The zero-order valence-electron chi connectivity index (χ0n) is 9.13. The van der Waals surface area contributed by atoms with Crippen LogP contribution in [0.1, 0.15) is 6.92 Å². The van der Waals surface area contributed by atoms with E-state index in [0.29, 0.717) is 0 Å². The van der Waals surface area contributed by atoms with Crippen LogP contribution in [0.2, 0.25) is 10.0 Å². The second-order valence-electron chi connectivity index (χ2n) is 3.41. The molecular formula is C10H9Cl2FN2O3. The monoisotopic (exact) mass is 294 g/mol. The molecule has 5 nitrogen and oxygen atoms in total. The summed E-state index contributed by atoms with van der Waals surface area (Å²) in [4.78, 5) is 21.9. The number of anilines is 1. The molecule has 0 spiro atoms. The molecular weight excluding hydrogens is 286 g/mol. The van der Waals surface area contributed by atoms with Gasteiger partial charge in [-0.15, -0.1) is 0 Å². The molecule has 0 heterocycles. The average molecular weight is 295 g/mol. The fourth-order valence-corrected chi connectivity index (χ4v) is 1.62. The molecule has 1 aromatic rings. The van der Waals surface area contributed by atoms with Crippen molar-refractivity contribution in [2.45, 2.75) is 13.0 Å². The van der Waals surface area contributed by atoms with Crippen LogP contribution in [0.4, 0.5) is 14.9 Å². The van der Waals surface area contributed by atoms with E-state index in [4.69, 9.17) is 28.3 Å². The Kier molecular flexibility index (Phi) is 4.75. The van der Waals surface area contributed by atoms with Crippen molar-refractivity contribution in [3.8, 4) is 0 Å². The van der Waals surface area contributed by atoms with Crippen LogP contribution in [0.3, 0.4) is 0 Å². The largest absolute Gasteiger partial charge is 0.465 e. The van der Waals surface area contributed by atoms with Gasteiger partial charge in [-0.1, -0.05) is 23.2 Å². The molecule has 1 rings (SSSR count). The normalized spacial score (nSPS) is 11.8. The van der Waals surface area contributed by atoms with Gasteiger partial charge in [0.1, 0.15) is 6.04 Å². The van der Waals surface area contributed by atoms with Gasteiger partial charge < -0.3 is 15.7 Å². The molecule has 0 aliphatic heterocycles. The number of benzene rings is 1. The molecule has 2 amide bonds. The lowest BCUT2D eigenvalue weighted by atomic mass is 10.2. The molecule has 0 unspecified atom stereocenters. The summed E-state index contributed by atoms with van der Waals surface area (Å²) in [6.45, 7) is 1.36. The van der Waals surface area contributed by atoms with Gasteiger partial charge in [-0.25, -0.2) is 9.18 Å². The van der Waals surface area contributed by atoms with Crippen LogP contribution < -0.4 is 10.6 Å². The second-order valence-corrected chi connectivity index (χ2v) is 4.23. The molecule has 0 bridgehead atoms. The number of carboxylic acid groups (broad SMARTS) is 1. The summed E-state index contributed by atoms with van der Waals surface area (Å²) in [6, 6.07) is 1.38. The van der Waals surface area contributed by atoms with E-state index in [0.717, 1.165) is 0 Å². The first kappa shape index (κ1) is 14.5. The lowest BCUT2D eigenvalue weighted by Crippen LogP contribution is -2.40. The first-order chi connectivity index (χ1) is 8.31. The van der Waals surface area contributed by atoms with Crippen molar-refractivity contribution in [3.63, 3.8) is 0 Å². The van der Waals surface area contributed by atoms with Gasteiger partial charge in [0.15, 0.2) is 5.82 Å². The van der Waals surface area contributed by atoms with E-state index in [1.54, 1.807) is 0 Å². The summed E-state index contributed by atoms with van der Waals surface area (Å²) in [5.41, 5.74) is 0.176. The van der Waals surface area contributed by atoms with Gasteiger partial charge in [0, 0.05) is 5.69 Å². The predicted octanol–water partition coefficient (Wildman–Crippen LogP) is 2.73. The lowest BCUT2D eigenvalue weighted by Gasteiger charge is -2.12. The van der Waals surface area contributed by atoms with Crippen molar-refractivity contribution in [1.29, 1.82) is 0 Å². The maximum absolute atomic E-state index is 13.1. The quantitative estimate of drug-likeness (QED) is 0.750. The van der Waals surface area contributed by atoms with Crippen LogP contribution in [-0.2, 0) is 4.79 Å². The first-order valence-electron chi connectivity index (χ1n) is 4.76. The highest BCUT2D eigenvalue weighted by Gasteiger charge is 2.16. The fraction of sp³-hybridized carbons (Fsp3) is 0.200. The Labute approximate surface area is 112 Å². The van der Waals surface area contributed by atoms with Gasteiger partial charge >= 0.3 is 6.09 Å². The van der Waals surface area contributed by atoms with Crippen molar-refractivity contribution in [2.24, 2.45) is 0 Å². The van der Waals surface area contributed by atoms with Crippen molar-refractivity contribution in [1.82, 2.24) is 5.32 Å². The SMILES string of the molecule is C[C@@H](NC(=O)O)C(=O)Nc1cc(Cl)c(F)c(Cl)c1. The molecule has 0 radical (unpaired) electrons. The maximum Gasteiger partial charge on any atom is 0.405 e. The van der Waals surface area contributed by atoms with E-state index in [1.807, 2.05) is 5.32 Å². The van der Waals surface area contributed by atoms with Gasteiger partial charge in [0.05, 0.1) is 10.0 Å². The van der Waals surface area contributed by atoms with Crippen LogP contribution in [0.5, 0.6) is 0 Å². The minimum Gasteiger partial charge on any atom is -0.465 e. The van der Waals surface area contributed by atoms with E-state index < -0.39 is 23.9 Å². The molecule has 0 saturated heterocycles. The first-order valence-corrected chi connectivity index (χ1v) is 5.51. The van der Waals surface area contributed by atoms with Crippen LogP contribution in [-0.4, -0.2) is 23.1 Å². The van der Waals surface area contributed by atoms with Crippen LogP contribution in [0.15, 0.2) is 12.1 Å². The summed E-state index contributed by atoms with van der Waals surface area (Å²) in [6.07, 6.45) is -1.33. The van der Waals surface area contributed by atoms with E-state index in [-0.39, 0.29) is 15.7 Å². The molecule has 0 aliphatic carbocycles. The molecule has 1 aromatic carbocycles. The van der Waals surface area contributed by atoms with Crippen molar-refractivity contribution in [2.75, 3.05) is 5.32 Å². The van der Waals surface area contributed by atoms with Gasteiger partial charge in [-0.05, 0) is 19.1 Å². The molecule has 0 fully saturated rings. The van der Waals surface area contributed by atoms with Crippen molar-refractivity contribution in [3.05, 3.63) is 28.0 Å². The highest BCUT2D eigenvalue weighted by molar-refractivity contribution is 6.35. The molecule has 3 N–H and O–H groups in total. The van der Waals surface area contributed by atoms with Gasteiger partial charge in [-0.3, -0.25) is 4.79 Å². The third-order valence-corrected chi connectivity index (χ3v) is 2.53. The Hall–Kier alpha value is -1.53. The summed E-state index contributed by atoms with van der Waals surface area (Å²) in [5, 5.41) is 12.3. The third-order valence-electron chi connectivity index (χ3n) is 1.98. The molecule has 0 aliphatic rings. The van der Waals surface area contributed by atoms with Crippen LogP contribution >= 0.6 is 23.2 Å². The van der Waals surface area contributed by atoms with Crippen molar-refractivity contribution < 1.29 is 19.1 Å². The minimum absolute atomic E-state index is 0.176. The maximum atomic E-state index is 13.1. The van der Waals surface area contributed by atoms with E-state index >= 15 is 0 Å². The zero-order chi connectivity index (χ0) is 13.9. The number of amides is 2. The second kappa shape index (κ2) is 5.88. The van der Waals surface area contributed by atoms with Crippen LogP contribution in [0, 0.1) is 5.82 Å². The molecule has 8 heteroatoms. The molecule has 0 aromatic heterocycles. The Morgan fingerprint density at radius 3 is 2.28 bits per heavy atom. The molecule has 18 heavy (non-hydrogen) atoms. The lowest BCUT2D eigenvalue weighted by molar-refractivity contribution is -0.117. The van der Waals surface area contributed by atoms with Crippen molar-refractivity contribution >= 4 is 40.9 Å². The smallest absolute Gasteiger partial charge is 0.405 e. The van der Waals surface area contributed by atoms with Gasteiger partial charge in [-0.2, -0.15) is 0 Å². The Morgan fingerprint density at radius 1 is 1.33 bits per heavy atom. The highest BCUT2D eigenvalue weighted by atomic mass is 35.5. The highest BCUT2D eigenvalue weighted by Crippen LogP contribution is 2.27. The van der Waals surface area contributed by atoms with Gasteiger partial charge in [0.25, 0.3) is 0 Å². The number of hydrogen-bond donors (Lipinski definition) is 3. The number of hydrogen-bond acceptors (Lipinski definition) is 2. The average Bonchev–Trinajstić information content (AvgIpc) is 2.24. The third kappa shape index (κ3) is 3.75. The molecule has 0 saturated carbocycles. The topological polar surface area (TPSA) is 78.4 Å². The summed E-state index contributed by atoms with van der Waals surface area (Å²) in [7, 11) is 0. The fourth-order valence-electron chi connectivity index (χ4n) is 1.13. The zero-order valence-corrected chi connectivity index (χ0v) is 10.6. The predicted molar refractivity (Wildman–Crippen MR) is 65.7 cm³/mol. The van der Waals surface area contributed by atoms with Crippen LogP contribution in [0.25, 0.3) is 0 Å². The standard InChI is InChI=1S/C10H9Cl2FN2O3/c1-4(14-10(17)18)9(16)15-5-2-6(11)8(13)7(12)3-5/h2-4,14H,1H3,(H,15,16)(H,17,18)/t4-/m1/s1. The summed E-state index contributed by atoms with van der Waals surface area (Å²) < 4.78 is 13.1. The molecule has 98 valence electrons. The number of nitrogens with one attached hydrogen (secondary N) is 2. The van der Waals surface area contributed by atoms with E-state index in [2.05, 4.69) is 5.32 Å². The number of carbonyl (C=O) groups excluding carboxylic acids is 1. The van der Waals surface area contributed by atoms with E-state index in [9.17, 15) is 14.0 Å². The Morgan fingerprint density at radius 2 is 1.83 bits per heavy atom. The Bertz CT molecular complexity index is 473.